The van der Waals surface area contributed by atoms with E-state index >= 15 is 0 Å². The predicted octanol–water partition coefficient (Wildman–Crippen LogP) is 2.27. The van der Waals surface area contributed by atoms with E-state index in [0.717, 1.165) is 0 Å². The number of hydrogen-bond acceptors (Lipinski definition) is 4. The number of rotatable bonds is 2. The highest BCUT2D eigenvalue weighted by molar-refractivity contribution is 8.90. The average molecular weight is 333 g/mol. The third kappa shape index (κ3) is 2.63. The van der Waals surface area contributed by atoms with Crippen LogP contribution in [-0.4, -0.2) is 16.8 Å². The summed E-state index contributed by atoms with van der Waals surface area (Å²) in [7, 11) is 1.36. The van der Waals surface area contributed by atoms with Crippen molar-refractivity contribution in [2.75, 3.05) is 0 Å². The van der Waals surface area contributed by atoms with Gasteiger partial charge in [0.05, 0.1) is 4.91 Å². The SMILES string of the molecule is O=S(=O)(Cl)C1=C2C=C[SH](S(=O)(=O)Cl)C=C2C=C1. The number of allylic oxidation sites excluding steroid dienone is 5. The van der Waals surface area contributed by atoms with Crippen LogP contribution in [0.25, 0.3) is 0 Å². The number of halogens is 2. The lowest BCUT2D eigenvalue weighted by molar-refractivity contribution is 0.615. The van der Waals surface area contributed by atoms with Gasteiger partial charge in [0.15, 0.2) is 0 Å². The highest BCUT2D eigenvalue weighted by Gasteiger charge is 2.26. The molecule has 2 rings (SSSR count). The van der Waals surface area contributed by atoms with E-state index in [9.17, 15) is 16.8 Å². The van der Waals surface area contributed by atoms with Gasteiger partial charge in [-0.05, 0) is 28.5 Å². The maximum Gasteiger partial charge on any atom is 0.272 e. The van der Waals surface area contributed by atoms with Gasteiger partial charge in [-0.15, -0.1) is 0 Å². The van der Waals surface area contributed by atoms with Crippen LogP contribution in [-0.2, 0) is 17.1 Å². The summed E-state index contributed by atoms with van der Waals surface area (Å²) < 4.78 is 44.8. The minimum Gasteiger partial charge on any atom is -0.207 e. The number of thiol groups is 1. The Kier molecular flexibility index (Phi) is 3.24. The highest BCUT2D eigenvalue weighted by Crippen LogP contribution is 2.47. The van der Waals surface area contributed by atoms with E-state index in [0.29, 0.717) is 11.1 Å². The van der Waals surface area contributed by atoms with Crippen LogP contribution < -0.4 is 0 Å². The van der Waals surface area contributed by atoms with Crippen molar-refractivity contribution in [2.24, 2.45) is 0 Å². The zero-order valence-electron chi connectivity index (χ0n) is 8.04. The van der Waals surface area contributed by atoms with Crippen molar-refractivity contribution < 1.29 is 16.8 Å². The second-order valence-electron chi connectivity index (χ2n) is 3.22. The van der Waals surface area contributed by atoms with Gasteiger partial charge in [0.25, 0.3) is 17.1 Å². The van der Waals surface area contributed by atoms with Crippen molar-refractivity contribution in [3.8, 4) is 0 Å². The highest BCUT2D eigenvalue weighted by atomic mass is 35.8. The third-order valence-electron chi connectivity index (χ3n) is 2.16. The largest absolute Gasteiger partial charge is 0.272 e. The second-order valence-corrected chi connectivity index (χ2v) is 12.4. The normalized spacial score (nSPS) is 26.0. The molecule has 9 heteroatoms. The molecule has 1 unspecified atom stereocenters. The molecule has 4 nitrogen and oxygen atoms in total. The monoisotopic (exact) mass is 332 g/mol. The molecular weight excluding hydrogens is 327 g/mol. The van der Waals surface area contributed by atoms with Gasteiger partial charge in [0.1, 0.15) is 0 Å². The molecule has 1 aliphatic carbocycles. The Balaban J connectivity index is 2.53. The molecule has 0 amide bonds. The first-order valence-corrected chi connectivity index (χ1v) is 10.9. The van der Waals surface area contributed by atoms with Crippen LogP contribution >= 0.6 is 31.3 Å². The molecule has 0 radical (unpaired) electrons. The average Bonchev–Trinajstić information content (AvgIpc) is 2.57. The zero-order valence-corrected chi connectivity index (χ0v) is 12.1. The van der Waals surface area contributed by atoms with Gasteiger partial charge in [0, 0.05) is 26.9 Å². The minimum atomic E-state index is -3.83. The number of hydrogen-bond donors (Lipinski definition) is 1. The molecule has 0 bridgehead atoms. The van der Waals surface area contributed by atoms with E-state index in [1.165, 1.54) is 29.0 Å². The predicted molar refractivity (Wildman–Crippen MR) is 71.9 cm³/mol. The lowest BCUT2D eigenvalue weighted by Gasteiger charge is -2.15. The Morgan fingerprint density at radius 3 is 2.18 bits per heavy atom. The van der Waals surface area contributed by atoms with E-state index in [1.807, 2.05) is 0 Å². The second kappa shape index (κ2) is 4.17. The molecule has 0 saturated carbocycles. The van der Waals surface area contributed by atoms with Crippen LogP contribution in [0, 0.1) is 0 Å². The fourth-order valence-corrected chi connectivity index (χ4v) is 5.80. The molecule has 1 heterocycles. The molecule has 0 aromatic carbocycles. The van der Waals surface area contributed by atoms with Crippen LogP contribution in [0.1, 0.15) is 0 Å². The summed E-state index contributed by atoms with van der Waals surface area (Å²) in [6, 6.07) is 0. The standard InChI is InChI=1S/C8H6Cl2O4S3/c9-16(11,12)8-2-1-6-5-15(17(10,13)14)4-3-7(6)8/h1-5,15H. The molecule has 17 heavy (non-hydrogen) atoms. The van der Waals surface area contributed by atoms with E-state index in [1.54, 1.807) is 0 Å². The summed E-state index contributed by atoms with van der Waals surface area (Å²) in [5, 5.41) is 2.82. The van der Waals surface area contributed by atoms with Crippen LogP contribution in [0.2, 0.25) is 0 Å². The molecule has 0 spiro atoms. The van der Waals surface area contributed by atoms with Crippen LogP contribution in [0.4, 0.5) is 0 Å². The van der Waals surface area contributed by atoms with Crippen molar-refractivity contribution in [2.45, 2.75) is 0 Å². The van der Waals surface area contributed by atoms with Gasteiger partial charge in [-0.3, -0.25) is 0 Å². The molecule has 94 valence electrons. The molecule has 0 aromatic heterocycles. The van der Waals surface area contributed by atoms with E-state index in [-0.39, 0.29) is 4.91 Å². The molecule has 1 atom stereocenters. The smallest absolute Gasteiger partial charge is 0.207 e. The van der Waals surface area contributed by atoms with Crippen molar-refractivity contribution in [3.63, 3.8) is 0 Å². The zero-order chi connectivity index (χ0) is 12.8. The molecule has 2 aliphatic rings. The van der Waals surface area contributed by atoms with Crippen LogP contribution in [0.3, 0.4) is 0 Å². The molecular formula is C8H6Cl2O4S3. The molecule has 1 aliphatic heterocycles. The summed E-state index contributed by atoms with van der Waals surface area (Å²) in [5.41, 5.74) is 0.918. The maximum atomic E-state index is 11.2. The fourth-order valence-electron chi connectivity index (χ4n) is 1.45. The van der Waals surface area contributed by atoms with Gasteiger partial charge >= 0.3 is 0 Å². The van der Waals surface area contributed by atoms with Gasteiger partial charge < -0.3 is 0 Å². The first kappa shape index (κ1) is 13.2. The van der Waals surface area contributed by atoms with Crippen molar-refractivity contribution >= 4 is 48.4 Å². The lowest BCUT2D eigenvalue weighted by Crippen LogP contribution is -1.97. The Bertz CT molecular complexity index is 695. The Morgan fingerprint density at radius 2 is 1.65 bits per heavy atom. The molecule has 0 fully saturated rings. The minimum absolute atomic E-state index is 0.0247. The molecule has 0 N–H and O–H groups in total. The lowest BCUT2D eigenvalue weighted by atomic mass is 10.1. The summed E-state index contributed by atoms with van der Waals surface area (Å²) in [4.78, 5) is -0.0247. The van der Waals surface area contributed by atoms with Crippen molar-refractivity contribution in [3.05, 3.63) is 45.1 Å². The Labute approximate surface area is 110 Å². The molecule has 0 saturated heterocycles. The van der Waals surface area contributed by atoms with Gasteiger partial charge in [-0.1, -0.05) is 16.0 Å². The number of fused-ring (bicyclic) bond motifs is 1. The quantitative estimate of drug-likeness (QED) is 0.478. The summed E-state index contributed by atoms with van der Waals surface area (Å²) in [6.07, 6.45) is 4.27. The first-order valence-electron chi connectivity index (χ1n) is 4.20. The summed E-state index contributed by atoms with van der Waals surface area (Å²) in [5.74, 6) is 0. The van der Waals surface area contributed by atoms with E-state index < -0.39 is 27.1 Å². The van der Waals surface area contributed by atoms with Gasteiger partial charge in [-0.25, -0.2) is 16.8 Å². The Morgan fingerprint density at radius 1 is 1.00 bits per heavy atom. The Hall–Kier alpha value is -0.210. The van der Waals surface area contributed by atoms with E-state index in [4.69, 9.17) is 21.4 Å². The van der Waals surface area contributed by atoms with Crippen LogP contribution in [0.5, 0.6) is 0 Å². The third-order valence-corrected chi connectivity index (χ3v) is 8.65. The summed E-state index contributed by atoms with van der Waals surface area (Å²) in [6.45, 7) is 0. The van der Waals surface area contributed by atoms with Crippen molar-refractivity contribution in [1.82, 2.24) is 0 Å². The fraction of sp³-hybridized carbons (Fsp3) is 0. The first-order chi connectivity index (χ1) is 7.69. The topological polar surface area (TPSA) is 68.3 Å². The van der Waals surface area contributed by atoms with Crippen molar-refractivity contribution in [1.29, 1.82) is 0 Å². The van der Waals surface area contributed by atoms with Crippen LogP contribution in [0.15, 0.2) is 45.1 Å². The van der Waals surface area contributed by atoms with E-state index in [2.05, 4.69) is 0 Å². The van der Waals surface area contributed by atoms with Gasteiger partial charge in [0.2, 0.25) is 0 Å². The van der Waals surface area contributed by atoms with Gasteiger partial charge in [-0.2, -0.15) is 0 Å². The summed E-state index contributed by atoms with van der Waals surface area (Å²) >= 11 is 0. The molecule has 0 aromatic rings. The maximum absolute atomic E-state index is 11.2.